The molecular weight excluding hydrogens is 236 g/mol. The summed E-state index contributed by atoms with van der Waals surface area (Å²) in [5.41, 5.74) is 3.36. The molecular formula is C8H9BrN2O2. The Bertz CT molecular complexity index is 328. The third-order valence-corrected chi connectivity index (χ3v) is 2.22. The highest BCUT2D eigenvalue weighted by molar-refractivity contribution is 9.10. The number of hydrogen-bond donors (Lipinski definition) is 2. The Kier molecular flexibility index (Phi) is 3.27. The fraction of sp³-hybridized carbons (Fsp3) is 0.125. The van der Waals surface area contributed by atoms with E-state index in [-0.39, 0.29) is 0 Å². The molecule has 0 atom stereocenters. The third kappa shape index (κ3) is 1.99. The van der Waals surface area contributed by atoms with Gasteiger partial charge in [0.1, 0.15) is 0 Å². The van der Waals surface area contributed by atoms with E-state index >= 15 is 0 Å². The van der Waals surface area contributed by atoms with Crippen LogP contribution in [0.3, 0.4) is 0 Å². The topological polar surface area (TPSA) is 64.3 Å². The maximum Gasteiger partial charge on any atom is 0.340 e. The van der Waals surface area contributed by atoms with Crippen molar-refractivity contribution in [3.05, 3.63) is 28.2 Å². The highest BCUT2D eigenvalue weighted by Gasteiger charge is 2.12. The van der Waals surface area contributed by atoms with Gasteiger partial charge < -0.3 is 10.2 Å². The molecule has 0 aliphatic carbocycles. The largest absolute Gasteiger partial charge is 0.465 e. The number of benzene rings is 1. The van der Waals surface area contributed by atoms with Crippen molar-refractivity contribution in [2.45, 2.75) is 0 Å². The van der Waals surface area contributed by atoms with Crippen LogP contribution >= 0.6 is 15.9 Å². The van der Waals surface area contributed by atoms with E-state index in [0.717, 1.165) is 4.47 Å². The number of hydrogen-bond acceptors (Lipinski definition) is 4. The molecule has 0 bridgehead atoms. The lowest BCUT2D eigenvalue weighted by Gasteiger charge is -2.08. The van der Waals surface area contributed by atoms with Crippen molar-refractivity contribution in [1.82, 2.24) is 0 Å². The zero-order valence-corrected chi connectivity index (χ0v) is 8.59. The fourth-order valence-corrected chi connectivity index (χ4v) is 1.43. The van der Waals surface area contributed by atoms with Crippen LogP contribution in [0.15, 0.2) is 22.7 Å². The van der Waals surface area contributed by atoms with Crippen LogP contribution in [-0.2, 0) is 4.74 Å². The van der Waals surface area contributed by atoms with Crippen LogP contribution in [0.2, 0.25) is 0 Å². The normalized spacial score (nSPS) is 9.46. The summed E-state index contributed by atoms with van der Waals surface area (Å²) < 4.78 is 5.30. The van der Waals surface area contributed by atoms with Crippen LogP contribution < -0.4 is 11.3 Å². The van der Waals surface area contributed by atoms with Crippen LogP contribution in [0.4, 0.5) is 5.69 Å². The number of nitrogen functional groups attached to an aromatic ring is 1. The van der Waals surface area contributed by atoms with E-state index < -0.39 is 5.97 Å². The molecule has 0 heterocycles. The van der Waals surface area contributed by atoms with Gasteiger partial charge in [-0.15, -0.1) is 0 Å². The second-order valence-corrected chi connectivity index (χ2v) is 3.15. The molecule has 13 heavy (non-hydrogen) atoms. The van der Waals surface area contributed by atoms with Crippen molar-refractivity contribution in [1.29, 1.82) is 0 Å². The van der Waals surface area contributed by atoms with Gasteiger partial charge in [-0.25, -0.2) is 4.79 Å². The van der Waals surface area contributed by atoms with E-state index in [1.165, 1.54) is 7.11 Å². The molecule has 0 saturated heterocycles. The number of para-hydroxylation sites is 1. The first-order valence-electron chi connectivity index (χ1n) is 3.54. The molecule has 0 unspecified atom stereocenters. The molecule has 0 saturated carbocycles. The fourth-order valence-electron chi connectivity index (χ4n) is 0.951. The average Bonchev–Trinajstić information content (AvgIpc) is 2.16. The molecule has 0 amide bonds. The van der Waals surface area contributed by atoms with Crippen LogP contribution in [0.5, 0.6) is 0 Å². The minimum atomic E-state index is -0.422. The van der Waals surface area contributed by atoms with Crippen LogP contribution in [-0.4, -0.2) is 13.1 Å². The standard InChI is InChI=1S/C8H9BrN2O2/c1-13-8(12)5-3-2-4-6(9)7(5)11-10/h2-4,11H,10H2,1H3. The molecule has 5 heteroatoms. The maximum atomic E-state index is 11.2. The van der Waals surface area contributed by atoms with Crippen LogP contribution in [0, 0.1) is 0 Å². The Hall–Kier alpha value is -1.07. The first-order chi connectivity index (χ1) is 6.20. The Morgan fingerprint density at radius 3 is 2.85 bits per heavy atom. The van der Waals surface area contributed by atoms with Gasteiger partial charge in [-0.3, -0.25) is 5.84 Å². The van der Waals surface area contributed by atoms with Crippen molar-refractivity contribution in [2.24, 2.45) is 5.84 Å². The number of hydrazine groups is 1. The van der Waals surface area contributed by atoms with Crippen LogP contribution in [0.25, 0.3) is 0 Å². The number of rotatable bonds is 2. The van der Waals surface area contributed by atoms with Gasteiger partial charge in [0, 0.05) is 4.47 Å². The summed E-state index contributed by atoms with van der Waals surface area (Å²) in [5.74, 6) is 4.83. The van der Waals surface area contributed by atoms with Crippen molar-refractivity contribution in [2.75, 3.05) is 12.5 Å². The van der Waals surface area contributed by atoms with Crippen molar-refractivity contribution in [3.63, 3.8) is 0 Å². The summed E-state index contributed by atoms with van der Waals surface area (Å²) in [6.07, 6.45) is 0. The molecule has 0 aromatic heterocycles. The summed E-state index contributed by atoms with van der Waals surface area (Å²) in [4.78, 5) is 11.2. The van der Waals surface area contributed by atoms with Gasteiger partial charge in [0.15, 0.2) is 0 Å². The predicted octanol–water partition coefficient (Wildman–Crippen LogP) is 1.52. The number of methoxy groups -OCH3 is 1. The van der Waals surface area contributed by atoms with E-state index in [1.807, 2.05) is 0 Å². The molecule has 0 aliphatic heterocycles. The molecule has 0 aliphatic rings. The average molecular weight is 245 g/mol. The van der Waals surface area contributed by atoms with Crippen molar-refractivity contribution < 1.29 is 9.53 Å². The second kappa shape index (κ2) is 4.25. The Morgan fingerprint density at radius 2 is 2.31 bits per heavy atom. The minimum absolute atomic E-state index is 0.402. The summed E-state index contributed by atoms with van der Waals surface area (Å²) in [6.45, 7) is 0. The van der Waals surface area contributed by atoms with Gasteiger partial charge in [-0.05, 0) is 28.1 Å². The van der Waals surface area contributed by atoms with E-state index in [1.54, 1.807) is 18.2 Å². The first kappa shape index (κ1) is 10.0. The molecule has 4 nitrogen and oxygen atoms in total. The highest BCUT2D eigenvalue weighted by Crippen LogP contribution is 2.25. The van der Waals surface area contributed by atoms with Gasteiger partial charge >= 0.3 is 5.97 Å². The van der Waals surface area contributed by atoms with E-state index in [2.05, 4.69) is 26.1 Å². The van der Waals surface area contributed by atoms with E-state index in [9.17, 15) is 4.79 Å². The smallest absolute Gasteiger partial charge is 0.340 e. The lowest BCUT2D eigenvalue weighted by molar-refractivity contribution is 0.0601. The summed E-state index contributed by atoms with van der Waals surface area (Å²) in [7, 11) is 1.32. The lowest BCUT2D eigenvalue weighted by atomic mass is 10.2. The lowest BCUT2D eigenvalue weighted by Crippen LogP contribution is -2.13. The molecule has 1 rings (SSSR count). The Balaban J connectivity index is 3.20. The summed E-state index contributed by atoms with van der Waals surface area (Å²) >= 11 is 3.25. The number of nitrogens with one attached hydrogen (secondary N) is 1. The van der Waals surface area contributed by atoms with Crippen molar-refractivity contribution >= 4 is 27.6 Å². The molecule has 3 N–H and O–H groups in total. The zero-order chi connectivity index (χ0) is 9.84. The van der Waals surface area contributed by atoms with Gasteiger partial charge in [0.05, 0.1) is 18.4 Å². The number of anilines is 1. The van der Waals surface area contributed by atoms with E-state index in [0.29, 0.717) is 11.3 Å². The number of halogens is 1. The number of ether oxygens (including phenoxy) is 1. The van der Waals surface area contributed by atoms with Crippen molar-refractivity contribution in [3.8, 4) is 0 Å². The van der Waals surface area contributed by atoms with Gasteiger partial charge in [-0.2, -0.15) is 0 Å². The number of carbonyl (C=O) groups is 1. The third-order valence-electron chi connectivity index (χ3n) is 1.56. The second-order valence-electron chi connectivity index (χ2n) is 2.30. The van der Waals surface area contributed by atoms with Gasteiger partial charge in [-0.1, -0.05) is 6.07 Å². The number of esters is 1. The SMILES string of the molecule is COC(=O)c1cccc(Br)c1NN. The Morgan fingerprint density at radius 1 is 1.62 bits per heavy atom. The number of nitrogens with two attached hydrogens (primary N) is 1. The summed E-state index contributed by atoms with van der Waals surface area (Å²) in [6, 6.07) is 5.14. The van der Waals surface area contributed by atoms with Gasteiger partial charge in [0.2, 0.25) is 0 Å². The molecule has 0 spiro atoms. The zero-order valence-electron chi connectivity index (χ0n) is 7.00. The van der Waals surface area contributed by atoms with Gasteiger partial charge in [0.25, 0.3) is 0 Å². The monoisotopic (exact) mass is 244 g/mol. The Labute approximate surface area is 84.2 Å². The highest BCUT2D eigenvalue weighted by atomic mass is 79.9. The molecule has 0 radical (unpaired) electrons. The maximum absolute atomic E-state index is 11.2. The predicted molar refractivity (Wildman–Crippen MR) is 53.3 cm³/mol. The quantitative estimate of drug-likeness (QED) is 0.471. The molecule has 1 aromatic carbocycles. The first-order valence-corrected chi connectivity index (χ1v) is 4.33. The summed E-state index contributed by atoms with van der Waals surface area (Å²) in [5, 5.41) is 0. The van der Waals surface area contributed by atoms with Crippen LogP contribution in [0.1, 0.15) is 10.4 Å². The minimum Gasteiger partial charge on any atom is -0.465 e. The molecule has 0 fully saturated rings. The number of carbonyl (C=O) groups excluding carboxylic acids is 1. The van der Waals surface area contributed by atoms with E-state index in [4.69, 9.17) is 5.84 Å². The molecule has 1 aromatic rings. The molecule has 70 valence electrons.